The first-order chi connectivity index (χ1) is 13.0. The van der Waals surface area contributed by atoms with Crippen LogP contribution in [-0.2, 0) is 4.79 Å². The molecule has 2 rings (SSSR count). The molecule has 0 saturated heterocycles. The molecule has 0 bridgehead atoms. The second-order valence-electron chi connectivity index (χ2n) is 7.23. The monoisotopic (exact) mass is 368 g/mol. The van der Waals surface area contributed by atoms with Crippen molar-refractivity contribution in [1.82, 2.24) is 10.6 Å². The maximum absolute atomic E-state index is 12.2. The van der Waals surface area contributed by atoms with E-state index in [-0.39, 0.29) is 18.5 Å². The van der Waals surface area contributed by atoms with Gasteiger partial charge in [0.05, 0.1) is 0 Å². The number of carbonyl (C=O) groups is 2. The zero-order valence-corrected chi connectivity index (χ0v) is 16.4. The molecule has 144 valence electrons. The van der Waals surface area contributed by atoms with Gasteiger partial charge in [0, 0.05) is 17.7 Å². The van der Waals surface area contributed by atoms with Crippen LogP contribution in [0.4, 0.5) is 4.79 Å². The van der Waals surface area contributed by atoms with Crippen LogP contribution in [0.5, 0.6) is 0 Å². The number of aryl methyl sites for hydroxylation is 1. The number of carbonyl (C=O) groups excluding carboxylic acids is 2. The largest absolute Gasteiger partial charge is 0.338 e. The first-order valence-corrected chi connectivity index (χ1v) is 9.48. The quantitative estimate of drug-likeness (QED) is 0.670. The second-order valence-corrected chi connectivity index (χ2v) is 7.23. The summed E-state index contributed by atoms with van der Waals surface area (Å²) in [7, 11) is 0. The average Bonchev–Trinajstić information content (AvgIpc) is 2.64. The molecule has 0 saturated carbocycles. The molecule has 27 heavy (non-hydrogen) atoms. The van der Waals surface area contributed by atoms with Crippen LogP contribution in [0.2, 0.25) is 0 Å². The van der Waals surface area contributed by atoms with Gasteiger partial charge in [-0.3, -0.25) is 10.1 Å². The van der Waals surface area contributed by atoms with Gasteiger partial charge in [0.25, 0.3) is 5.91 Å². The number of nitrogens with one attached hydrogen (secondary N) is 2. The molecule has 0 aliphatic rings. The lowest BCUT2D eigenvalue weighted by atomic mass is 9.98. The highest BCUT2D eigenvalue weighted by atomic mass is 16.2. The Kier molecular flexibility index (Phi) is 8.01. The number of hydrogen-bond donors (Lipinski definition) is 3. The number of quaternary nitrogens is 1. The predicted octanol–water partition coefficient (Wildman–Crippen LogP) is 2.52. The molecule has 0 radical (unpaired) electrons. The van der Waals surface area contributed by atoms with Crippen LogP contribution in [-0.4, -0.2) is 25.0 Å². The minimum absolute atomic E-state index is 0.00144. The Morgan fingerprint density at radius 1 is 0.963 bits per heavy atom. The highest BCUT2D eigenvalue weighted by molar-refractivity contribution is 5.94. The van der Waals surface area contributed by atoms with E-state index in [9.17, 15) is 9.59 Å². The van der Waals surface area contributed by atoms with E-state index in [1.54, 1.807) is 0 Å². The second kappa shape index (κ2) is 10.5. The van der Waals surface area contributed by atoms with Gasteiger partial charge in [-0.05, 0) is 19.3 Å². The molecule has 0 aliphatic heterocycles. The van der Waals surface area contributed by atoms with E-state index in [4.69, 9.17) is 0 Å². The lowest BCUT2D eigenvalue weighted by Crippen LogP contribution is -2.88. The van der Waals surface area contributed by atoms with Crippen molar-refractivity contribution in [1.29, 1.82) is 0 Å². The third kappa shape index (κ3) is 7.23. The summed E-state index contributed by atoms with van der Waals surface area (Å²) in [4.78, 5) is 24.0. The van der Waals surface area contributed by atoms with Crippen molar-refractivity contribution in [3.05, 3.63) is 71.3 Å². The van der Waals surface area contributed by atoms with Gasteiger partial charge in [-0.1, -0.05) is 74.0 Å². The molecule has 0 aromatic heterocycles. The van der Waals surface area contributed by atoms with Crippen LogP contribution in [0.25, 0.3) is 0 Å². The molecule has 2 aromatic rings. The van der Waals surface area contributed by atoms with Crippen molar-refractivity contribution >= 4 is 11.9 Å². The molecule has 4 N–H and O–H groups in total. The average molecular weight is 369 g/mol. The zero-order chi connectivity index (χ0) is 19.6. The Hall–Kier alpha value is -2.66. The van der Waals surface area contributed by atoms with Crippen molar-refractivity contribution < 1.29 is 14.9 Å². The maximum Gasteiger partial charge on any atom is 0.321 e. The lowest BCUT2D eigenvalue weighted by molar-refractivity contribution is -0.676. The summed E-state index contributed by atoms with van der Waals surface area (Å²) in [6.45, 7) is 6.97. The Bertz CT molecular complexity index is 727. The topological polar surface area (TPSA) is 74.8 Å². The smallest absolute Gasteiger partial charge is 0.321 e. The van der Waals surface area contributed by atoms with E-state index < -0.39 is 6.03 Å². The Morgan fingerprint density at radius 3 is 2.22 bits per heavy atom. The Morgan fingerprint density at radius 2 is 1.59 bits per heavy atom. The standard InChI is InChI=1S/C22H29N3O2/c1-16(2)13-14-23-22(27)25-20(26)15-24-21(18-7-5-4-6-8-18)19-11-9-17(3)10-12-19/h4-12,16,21,24H,13-15H2,1-3H3,(H2,23,25,26,27)/p+1/t21-/m0/s1. The van der Waals surface area contributed by atoms with E-state index in [0.29, 0.717) is 12.5 Å². The summed E-state index contributed by atoms with van der Waals surface area (Å²) in [5, 5.41) is 7.07. The predicted molar refractivity (Wildman–Crippen MR) is 107 cm³/mol. The maximum atomic E-state index is 12.2. The Balaban J connectivity index is 1.95. The van der Waals surface area contributed by atoms with Crippen LogP contribution in [0.1, 0.15) is 43.0 Å². The fourth-order valence-corrected chi connectivity index (χ4v) is 2.82. The van der Waals surface area contributed by atoms with E-state index in [0.717, 1.165) is 17.5 Å². The third-order valence-corrected chi connectivity index (χ3v) is 4.39. The van der Waals surface area contributed by atoms with Gasteiger partial charge >= 0.3 is 6.03 Å². The van der Waals surface area contributed by atoms with Crippen molar-refractivity contribution in [2.24, 2.45) is 5.92 Å². The summed E-state index contributed by atoms with van der Waals surface area (Å²) >= 11 is 0. The normalized spacial score (nSPS) is 11.9. The zero-order valence-electron chi connectivity index (χ0n) is 16.4. The van der Waals surface area contributed by atoms with Crippen molar-refractivity contribution in [2.75, 3.05) is 13.1 Å². The van der Waals surface area contributed by atoms with Gasteiger partial charge in [-0.2, -0.15) is 0 Å². The van der Waals surface area contributed by atoms with Crippen LogP contribution in [0.15, 0.2) is 54.6 Å². The summed E-state index contributed by atoms with van der Waals surface area (Å²) in [6.07, 6.45) is 0.886. The van der Waals surface area contributed by atoms with Gasteiger partial charge in [0.15, 0.2) is 6.54 Å². The lowest BCUT2D eigenvalue weighted by Gasteiger charge is -2.17. The number of nitrogens with two attached hydrogens (primary N) is 1. The molecule has 0 fully saturated rings. The summed E-state index contributed by atoms with van der Waals surface area (Å²) in [5.74, 6) is 0.209. The summed E-state index contributed by atoms with van der Waals surface area (Å²) < 4.78 is 0. The fourth-order valence-electron chi connectivity index (χ4n) is 2.82. The number of rotatable bonds is 8. The van der Waals surface area contributed by atoms with Gasteiger partial charge in [-0.15, -0.1) is 0 Å². The van der Waals surface area contributed by atoms with E-state index in [1.165, 1.54) is 5.56 Å². The molecule has 5 heteroatoms. The molecule has 3 amide bonds. The van der Waals surface area contributed by atoms with Crippen LogP contribution < -0.4 is 16.0 Å². The van der Waals surface area contributed by atoms with Gasteiger partial charge < -0.3 is 10.6 Å². The molecular weight excluding hydrogens is 338 g/mol. The minimum atomic E-state index is -0.430. The van der Waals surface area contributed by atoms with E-state index >= 15 is 0 Å². The molecule has 0 unspecified atom stereocenters. The molecule has 5 nitrogen and oxygen atoms in total. The number of hydrogen-bond acceptors (Lipinski definition) is 2. The number of imide groups is 1. The van der Waals surface area contributed by atoms with E-state index in [2.05, 4.69) is 67.8 Å². The molecule has 1 atom stereocenters. The number of benzene rings is 2. The highest BCUT2D eigenvalue weighted by Crippen LogP contribution is 2.18. The van der Waals surface area contributed by atoms with Crippen LogP contribution >= 0.6 is 0 Å². The molecule has 0 aliphatic carbocycles. The SMILES string of the molecule is Cc1ccc([C@@H]([NH2+]CC(=O)NC(=O)NCCC(C)C)c2ccccc2)cc1. The molecular formula is C22H30N3O2+. The highest BCUT2D eigenvalue weighted by Gasteiger charge is 2.19. The van der Waals surface area contributed by atoms with Crippen LogP contribution in [0, 0.1) is 12.8 Å². The molecule has 0 heterocycles. The molecule has 2 aromatic carbocycles. The summed E-state index contributed by atoms with van der Waals surface area (Å²) in [5.41, 5.74) is 3.44. The van der Waals surface area contributed by atoms with E-state index in [1.807, 2.05) is 23.5 Å². The van der Waals surface area contributed by atoms with Gasteiger partial charge in [0.1, 0.15) is 6.04 Å². The Labute approximate surface area is 161 Å². The molecule has 0 spiro atoms. The fraction of sp³-hybridized carbons (Fsp3) is 0.364. The van der Waals surface area contributed by atoms with Gasteiger partial charge in [0.2, 0.25) is 0 Å². The van der Waals surface area contributed by atoms with Gasteiger partial charge in [-0.25, -0.2) is 4.79 Å². The first-order valence-electron chi connectivity index (χ1n) is 9.48. The van der Waals surface area contributed by atoms with Crippen LogP contribution in [0.3, 0.4) is 0 Å². The van der Waals surface area contributed by atoms with Crippen molar-refractivity contribution in [3.63, 3.8) is 0 Å². The number of urea groups is 1. The first kappa shape index (κ1) is 20.6. The van der Waals surface area contributed by atoms with Crippen molar-refractivity contribution in [2.45, 2.75) is 33.2 Å². The summed E-state index contributed by atoms with van der Waals surface area (Å²) in [6, 6.07) is 17.9. The third-order valence-electron chi connectivity index (χ3n) is 4.39. The minimum Gasteiger partial charge on any atom is -0.338 e. The van der Waals surface area contributed by atoms with Crippen molar-refractivity contribution in [3.8, 4) is 0 Å². The number of amides is 3.